The number of ether oxygens (including phenoxy) is 1. The second kappa shape index (κ2) is 6.45. The summed E-state index contributed by atoms with van der Waals surface area (Å²) in [4.78, 5) is 24.2. The first-order valence-electron chi connectivity index (χ1n) is 6.66. The minimum atomic E-state index is -1.10. The molecule has 1 fully saturated rings. The predicted octanol–water partition coefficient (Wildman–Crippen LogP) is -0.557. The predicted molar refractivity (Wildman–Crippen MR) is 70.4 cm³/mol. The third-order valence-electron chi connectivity index (χ3n) is 3.34. The molecule has 0 saturated carbocycles. The number of nitrogens with two attached hydrogens (primary N) is 1. The molecule has 3 unspecified atom stereocenters. The van der Waals surface area contributed by atoms with Gasteiger partial charge in [0.1, 0.15) is 0 Å². The summed E-state index contributed by atoms with van der Waals surface area (Å²) in [6, 6.07) is -0.629. The highest BCUT2D eigenvalue weighted by atomic mass is 16.6. The molecule has 0 radical (unpaired) electrons. The van der Waals surface area contributed by atoms with Gasteiger partial charge in [-0.3, -0.25) is 9.59 Å². The molecule has 0 aromatic heterocycles. The number of carbonyl (C=O) groups is 2. The van der Waals surface area contributed by atoms with Gasteiger partial charge in [0.15, 0.2) is 11.4 Å². The maximum Gasteiger partial charge on any atom is 0.224 e. The van der Waals surface area contributed by atoms with Gasteiger partial charge < -0.3 is 20.9 Å². The van der Waals surface area contributed by atoms with E-state index in [1.807, 2.05) is 13.8 Å². The van der Waals surface area contributed by atoms with Crippen molar-refractivity contribution in [2.75, 3.05) is 19.8 Å². The number of aliphatic hydroxyl groups is 1. The summed E-state index contributed by atoms with van der Waals surface area (Å²) in [7, 11) is 0. The Balaban J connectivity index is 2.72. The lowest BCUT2D eigenvalue weighted by Gasteiger charge is -2.23. The Morgan fingerprint density at radius 2 is 2.00 bits per heavy atom. The van der Waals surface area contributed by atoms with Crippen LogP contribution in [0.2, 0.25) is 0 Å². The summed E-state index contributed by atoms with van der Waals surface area (Å²) in [6.45, 7) is 5.76. The molecule has 1 saturated heterocycles. The highest BCUT2D eigenvalue weighted by Gasteiger charge is 2.54. The van der Waals surface area contributed by atoms with E-state index in [0.717, 1.165) is 0 Å². The number of aliphatic hydroxyl groups excluding tert-OH is 1. The third kappa shape index (κ3) is 3.99. The van der Waals surface area contributed by atoms with Crippen molar-refractivity contribution in [2.24, 2.45) is 17.6 Å². The topological polar surface area (TPSA) is 105 Å². The summed E-state index contributed by atoms with van der Waals surface area (Å²) in [5, 5.41) is 11.9. The number of epoxide rings is 1. The molecule has 1 amide bonds. The number of nitrogens with one attached hydrogen (secondary N) is 1. The van der Waals surface area contributed by atoms with E-state index in [9.17, 15) is 14.7 Å². The number of hydrogen-bond donors (Lipinski definition) is 3. The second-order valence-corrected chi connectivity index (χ2v) is 5.63. The zero-order chi connectivity index (χ0) is 14.6. The normalized spacial score (nSPS) is 24.9. The second-order valence-electron chi connectivity index (χ2n) is 5.63. The van der Waals surface area contributed by atoms with Crippen LogP contribution in [0.25, 0.3) is 0 Å². The van der Waals surface area contributed by atoms with Crippen molar-refractivity contribution in [3.8, 4) is 0 Å². The average molecular weight is 272 g/mol. The van der Waals surface area contributed by atoms with E-state index in [4.69, 9.17) is 10.5 Å². The molecule has 3 atom stereocenters. The van der Waals surface area contributed by atoms with Gasteiger partial charge in [-0.2, -0.15) is 0 Å². The van der Waals surface area contributed by atoms with Crippen LogP contribution in [-0.2, 0) is 14.3 Å². The number of carbonyl (C=O) groups excluding carboxylic acids is 2. The fourth-order valence-corrected chi connectivity index (χ4v) is 1.84. The van der Waals surface area contributed by atoms with Crippen LogP contribution in [0.1, 0.15) is 27.2 Å². The van der Waals surface area contributed by atoms with Gasteiger partial charge in [0.05, 0.1) is 19.3 Å². The molecule has 0 aromatic carbocycles. The van der Waals surface area contributed by atoms with Gasteiger partial charge in [-0.1, -0.05) is 20.8 Å². The van der Waals surface area contributed by atoms with Crippen LogP contribution in [0, 0.1) is 11.8 Å². The minimum absolute atomic E-state index is 0.221. The van der Waals surface area contributed by atoms with Gasteiger partial charge in [0.25, 0.3) is 0 Å². The molecule has 110 valence electrons. The van der Waals surface area contributed by atoms with Crippen molar-refractivity contribution in [1.82, 2.24) is 5.32 Å². The number of rotatable bonds is 8. The van der Waals surface area contributed by atoms with Crippen molar-refractivity contribution in [3.63, 3.8) is 0 Å². The van der Waals surface area contributed by atoms with Crippen molar-refractivity contribution in [1.29, 1.82) is 0 Å². The largest absolute Gasteiger partial charge is 0.393 e. The average Bonchev–Trinajstić information content (AvgIpc) is 3.16. The summed E-state index contributed by atoms with van der Waals surface area (Å²) in [5.41, 5.74) is 4.34. The molecule has 6 nitrogen and oxygen atoms in total. The summed E-state index contributed by atoms with van der Waals surface area (Å²) < 4.78 is 5.06. The molecule has 0 bridgehead atoms. The SMILES string of the molecule is CC(C)CC(NC(=O)C(C)CN)C(=O)C1(CO)CO1. The lowest BCUT2D eigenvalue weighted by molar-refractivity contribution is -0.133. The Kier molecular flexibility index (Phi) is 5.46. The molecule has 4 N–H and O–H groups in total. The van der Waals surface area contributed by atoms with Crippen LogP contribution >= 0.6 is 0 Å². The lowest BCUT2D eigenvalue weighted by Crippen LogP contribution is -2.50. The number of ketones is 1. The standard InChI is InChI=1S/C13H24N2O4/c1-8(2)4-10(15-12(18)9(3)5-14)11(17)13(6-16)7-19-13/h8-10,16H,4-7,14H2,1-3H3,(H,15,18). The van der Waals surface area contributed by atoms with E-state index < -0.39 is 11.6 Å². The number of amides is 1. The first-order valence-corrected chi connectivity index (χ1v) is 6.66. The van der Waals surface area contributed by atoms with Crippen molar-refractivity contribution < 1.29 is 19.4 Å². The van der Waals surface area contributed by atoms with E-state index in [1.165, 1.54) is 0 Å². The first kappa shape index (κ1) is 16.1. The fraction of sp³-hybridized carbons (Fsp3) is 0.846. The van der Waals surface area contributed by atoms with Gasteiger partial charge in [-0.25, -0.2) is 0 Å². The lowest BCUT2D eigenvalue weighted by atomic mass is 9.92. The molecule has 1 aliphatic rings. The molecule has 19 heavy (non-hydrogen) atoms. The Hall–Kier alpha value is -0.980. The molecule has 1 aliphatic heterocycles. The van der Waals surface area contributed by atoms with Crippen molar-refractivity contribution >= 4 is 11.7 Å². The molecule has 0 aliphatic carbocycles. The molecule has 1 rings (SSSR count). The Morgan fingerprint density at radius 1 is 1.42 bits per heavy atom. The monoisotopic (exact) mass is 272 g/mol. The number of hydrogen-bond acceptors (Lipinski definition) is 5. The molecule has 6 heteroatoms. The van der Waals surface area contributed by atoms with Crippen LogP contribution in [-0.4, -0.2) is 48.2 Å². The van der Waals surface area contributed by atoms with E-state index in [1.54, 1.807) is 6.92 Å². The van der Waals surface area contributed by atoms with Crippen molar-refractivity contribution in [2.45, 2.75) is 38.8 Å². The molecule has 1 heterocycles. The summed E-state index contributed by atoms with van der Waals surface area (Å²) in [6.07, 6.45) is 0.521. The Bertz CT molecular complexity index is 340. The van der Waals surface area contributed by atoms with Crippen LogP contribution in [0.15, 0.2) is 0 Å². The Morgan fingerprint density at radius 3 is 2.37 bits per heavy atom. The minimum Gasteiger partial charge on any atom is -0.393 e. The molecule has 0 spiro atoms. The quantitative estimate of drug-likeness (QED) is 0.514. The van der Waals surface area contributed by atoms with Gasteiger partial charge in [0.2, 0.25) is 5.91 Å². The molecular formula is C13H24N2O4. The van der Waals surface area contributed by atoms with Crippen LogP contribution in [0.3, 0.4) is 0 Å². The zero-order valence-corrected chi connectivity index (χ0v) is 11.8. The molecular weight excluding hydrogens is 248 g/mol. The molecule has 0 aromatic rings. The van der Waals surface area contributed by atoms with Crippen LogP contribution in [0.4, 0.5) is 0 Å². The Labute approximate surface area is 113 Å². The van der Waals surface area contributed by atoms with Gasteiger partial charge in [-0.15, -0.1) is 0 Å². The summed E-state index contributed by atoms with van der Waals surface area (Å²) in [5.74, 6) is -0.582. The third-order valence-corrected chi connectivity index (χ3v) is 3.34. The van der Waals surface area contributed by atoms with Crippen LogP contribution < -0.4 is 11.1 Å². The van der Waals surface area contributed by atoms with Crippen molar-refractivity contribution in [3.05, 3.63) is 0 Å². The van der Waals surface area contributed by atoms with Crippen LogP contribution in [0.5, 0.6) is 0 Å². The fourth-order valence-electron chi connectivity index (χ4n) is 1.84. The smallest absolute Gasteiger partial charge is 0.224 e. The number of Topliss-reactive ketones (excluding diaryl/α,β-unsaturated/α-hetero) is 1. The van der Waals surface area contributed by atoms with E-state index in [2.05, 4.69) is 5.32 Å². The maximum absolute atomic E-state index is 12.3. The zero-order valence-electron chi connectivity index (χ0n) is 11.8. The first-order chi connectivity index (χ1) is 8.86. The highest BCUT2D eigenvalue weighted by Crippen LogP contribution is 2.30. The maximum atomic E-state index is 12.3. The van der Waals surface area contributed by atoms with E-state index in [0.29, 0.717) is 6.42 Å². The van der Waals surface area contributed by atoms with Gasteiger partial charge in [0, 0.05) is 12.5 Å². The van der Waals surface area contributed by atoms with Gasteiger partial charge >= 0.3 is 0 Å². The highest BCUT2D eigenvalue weighted by molar-refractivity contribution is 5.97. The van der Waals surface area contributed by atoms with E-state index in [-0.39, 0.29) is 43.3 Å². The van der Waals surface area contributed by atoms with Gasteiger partial charge in [-0.05, 0) is 12.3 Å². The van der Waals surface area contributed by atoms with E-state index >= 15 is 0 Å². The summed E-state index contributed by atoms with van der Waals surface area (Å²) >= 11 is 0.